The average Bonchev–Trinajstić information content (AvgIpc) is 2.75. The Labute approximate surface area is 181 Å². The van der Waals surface area contributed by atoms with E-state index in [0.29, 0.717) is 31.9 Å². The van der Waals surface area contributed by atoms with Crippen molar-refractivity contribution < 1.29 is 31.5 Å². The zero-order valence-corrected chi connectivity index (χ0v) is 16.9. The molecule has 0 aromatic heterocycles. The van der Waals surface area contributed by atoms with Crippen LogP contribution in [0.25, 0.3) is 0 Å². The third-order valence-electron chi connectivity index (χ3n) is 4.93. The number of hydrogen-bond donors (Lipinski definition) is 2. The maximum Gasteiger partial charge on any atom is 0.416 e. The zero-order valence-electron chi connectivity index (χ0n) is 16.9. The minimum Gasteiger partial charge on any atom is -0.369 e. The summed E-state index contributed by atoms with van der Waals surface area (Å²) in [5, 5.41) is 4.79. The minimum atomic E-state index is -4.41. The van der Waals surface area contributed by atoms with E-state index >= 15 is 0 Å². The van der Waals surface area contributed by atoms with Gasteiger partial charge in [-0.3, -0.25) is 14.5 Å². The largest absolute Gasteiger partial charge is 0.416 e. The average molecular weight is 456 g/mol. The van der Waals surface area contributed by atoms with Crippen LogP contribution in [0.5, 0.6) is 0 Å². The van der Waals surface area contributed by atoms with Crippen molar-refractivity contribution in [3.8, 4) is 0 Å². The summed E-state index contributed by atoms with van der Waals surface area (Å²) >= 11 is 0. The summed E-state index contributed by atoms with van der Waals surface area (Å²) < 4.78 is 64.7. The number of carbonyl (C=O) groups excluding carboxylic acids is 2. The molecule has 2 amide bonds. The number of piperazine rings is 1. The first-order valence-corrected chi connectivity index (χ1v) is 9.78. The first kappa shape index (κ1) is 23.5. The Morgan fingerprint density at radius 1 is 0.906 bits per heavy atom. The van der Waals surface area contributed by atoms with Crippen molar-refractivity contribution in [2.24, 2.45) is 0 Å². The molecular formula is C21H21F5N4O2. The fourth-order valence-corrected chi connectivity index (χ4v) is 3.26. The molecule has 2 aromatic rings. The van der Waals surface area contributed by atoms with E-state index in [-0.39, 0.29) is 18.8 Å². The number of anilines is 2. The molecule has 1 aliphatic heterocycles. The van der Waals surface area contributed by atoms with Gasteiger partial charge in [0.25, 0.3) is 0 Å². The zero-order chi connectivity index (χ0) is 23.3. The lowest BCUT2D eigenvalue weighted by atomic mass is 10.1. The maximum absolute atomic E-state index is 13.2. The van der Waals surface area contributed by atoms with Crippen LogP contribution in [-0.2, 0) is 15.8 Å². The number of amides is 2. The van der Waals surface area contributed by atoms with Crippen molar-refractivity contribution in [3.63, 3.8) is 0 Å². The normalized spacial score (nSPS) is 14.8. The summed E-state index contributed by atoms with van der Waals surface area (Å²) in [5.74, 6) is -3.14. The van der Waals surface area contributed by atoms with Crippen LogP contribution in [0.3, 0.4) is 0 Å². The highest BCUT2D eigenvalue weighted by Crippen LogP contribution is 2.31. The molecule has 1 aliphatic rings. The monoisotopic (exact) mass is 456 g/mol. The summed E-state index contributed by atoms with van der Waals surface area (Å²) in [6.07, 6.45) is -4.41. The summed E-state index contributed by atoms with van der Waals surface area (Å²) in [6.45, 7) is 1.50. The van der Waals surface area contributed by atoms with Gasteiger partial charge in [0.2, 0.25) is 11.8 Å². The van der Waals surface area contributed by atoms with Gasteiger partial charge in [-0.05, 0) is 30.3 Å². The molecule has 11 heteroatoms. The summed E-state index contributed by atoms with van der Waals surface area (Å²) in [6, 6.07) is 8.01. The molecule has 1 saturated heterocycles. The number of carbonyl (C=O) groups is 2. The molecule has 0 atom stereocenters. The summed E-state index contributed by atoms with van der Waals surface area (Å²) in [7, 11) is 0. The SMILES string of the molecule is O=C(CN1CCN(c2cccc(C(F)(F)F)c2)CC1)NCC(=O)Nc1ccc(F)c(F)c1. The van der Waals surface area contributed by atoms with Gasteiger partial charge in [0.05, 0.1) is 18.7 Å². The van der Waals surface area contributed by atoms with Gasteiger partial charge in [0.15, 0.2) is 11.6 Å². The maximum atomic E-state index is 13.2. The Morgan fingerprint density at radius 3 is 2.28 bits per heavy atom. The molecule has 0 aliphatic carbocycles. The van der Waals surface area contributed by atoms with Crippen LogP contribution in [-0.4, -0.2) is 56.0 Å². The number of hydrogen-bond acceptors (Lipinski definition) is 4. The van der Waals surface area contributed by atoms with E-state index in [0.717, 1.165) is 24.3 Å². The molecule has 3 rings (SSSR count). The molecule has 1 fully saturated rings. The van der Waals surface area contributed by atoms with Gasteiger partial charge in [-0.1, -0.05) is 6.07 Å². The Kier molecular flexibility index (Phi) is 7.29. The Balaban J connectivity index is 1.41. The fraction of sp³-hybridized carbons (Fsp3) is 0.333. The van der Waals surface area contributed by atoms with E-state index in [1.165, 1.54) is 12.1 Å². The predicted molar refractivity (Wildman–Crippen MR) is 108 cm³/mol. The molecule has 172 valence electrons. The number of halogens is 5. The number of nitrogens with zero attached hydrogens (tertiary/aromatic N) is 2. The summed E-state index contributed by atoms with van der Waals surface area (Å²) in [4.78, 5) is 27.6. The van der Waals surface area contributed by atoms with E-state index in [4.69, 9.17) is 0 Å². The lowest BCUT2D eigenvalue weighted by molar-refractivity contribution is -0.137. The van der Waals surface area contributed by atoms with Crippen LogP contribution < -0.4 is 15.5 Å². The van der Waals surface area contributed by atoms with Crippen molar-refractivity contribution in [3.05, 3.63) is 59.7 Å². The summed E-state index contributed by atoms with van der Waals surface area (Å²) in [5.41, 5.74) is -0.176. The van der Waals surface area contributed by atoms with Crippen molar-refractivity contribution >= 4 is 23.2 Å². The third kappa shape index (κ3) is 6.39. The van der Waals surface area contributed by atoms with Crippen LogP contribution in [0.1, 0.15) is 5.56 Å². The number of alkyl halides is 3. The molecule has 0 spiro atoms. The molecule has 32 heavy (non-hydrogen) atoms. The standard InChI is InChI=1S/C21H21F5N4O2/c22-17-5-4-15(11-18(17)23)28-19(31)12-27-20(32)13-29-6-8-30(9-7-29)16-3-1-2-14(10-16)21(24,25)26/h1-5,10-11H,6-9,12-13H2,(H,27,32)(H,28,31). The van der Waals surface area contributed by atoms with Gasteiger partial charge in [-0.2, -0.15) is 13.2 Å². The fourth-order valence-electron chi connectivity index (χ4n) is 3.26. The van der Waals surface area contributed by atoms with Gasteiger partial charge in [0.1, 0.15) is 0 Å². The van der Waals surface area contributed by atoms with E-state index in [9.17, 15) is 31.5 Å². The first-order valence-electron chi connectivity index (χ1n) is 9.78. The number of benzene rings is 2. The highest BCUT2D eigenvalue weighted by molar-refractivity contribution is 5.94. The number of rotatable bonds is 6. The van der Waals surface area contributed by atoms with E-state index in [1.807, 2.05) is 9.80 Å². The molecule has 0 bridgehead atoms. The van der Waals surface area contributed by atoms with Crippen LogP contribution in [0.4, 0.5) is 33.3 Å². The van der Waals surface area contributed by atoms with Crippen LogP contribution in [0.2, 0.25) is 0 Å². The molecule has 0 unspecified atom stereocenters. The second-order valence-electron chi connectivity index (χ2n) is 7.27. The Morgan fingerprint density at radius 2 is 1.62 bits per heavy atom. The van der Waals surface area contributed by atoms with Crippen molar-refractivity contribution in [1.82, 2.24) is 10.2 Å². The lowest BCUT2D eigenvalue weighted by Gasteiger charge is -2.36. The van der Waals surface area contributed by atoms with Gasteiger partial charge in [-0.15, -0.1) is 0 Å². The van der Waals surface area contributed by atoms with Crippen molar-refractivity contribution in [2.75, 3.05) is 49.5 Å². The van der Waals surface area contributed by atoms with Gasteiger partial charge in [0, 0.05) is 43.6 Å². The quantitative estimate of drug-likeness (QED) is 0.657. The second-order valence-corrected chi connectivity index (χ2v) is 7.27. The highest BCUT2D eigenvalue weighted by Gasteiger charge is 2.31. The van der Waals surface area contributed by atoms with E-state index < -0.39 is 35.2 Å². The Hall–Kier alpha value is -3.21. The smallest absolute Gasteiger partial charge is 0.369 e. The van der Waals surface area contributed by atoms with Crippen molar-refractivity contribution in [1.29, 1.82) is 0 Å². The molecule has 0 saturated carbocycles. The first-order chi connectivity index (χ1) is 15.1. The van der Waals surface area contributed by atoms with E-state index in [2.05, 4.69) is 10.6 Å². The van der Waals surface area contributed by atoms with Crippen LogP contribution >= 0.6 is 0 Å². The topological polar surface area (TPSA) is 64.7 Å². The molecule has 0 radical (unpaired) electrons. The molecule has 6 nitrogen and oxygen atoms in total. The lowest BCUT2D eigenvalue weighted by Crippen LogP contribution is -2.50. The van der Waals surface area contributed by atoms with E-state index in [1.54, 1.807) is 6.07 Å². The molecular weight excluding hydrogens is 435 g/mol. The predicted octanol–water partition coefficient (Wildman–Crippen LogP) is 2.86. The van der Waals surface area contributed by atoms with Crippen LogP contribution in [0, 0.1) is 11.6 Å². The molecule has 1 heterocycles. The van der Waals surface area contributed by atoms with Gasteiger partial charge >= 0.3 is 6.18 Å². The number of nitrogens with one attached hydrogen (secondary N) is 2. The van der Waals surface area contributed by atoms with Crippen molar-refractivity contribution in [2.45, 2.75) is 6.18 Å². The molecule has 2 N–H and O–H groups in total. The Bertz CT molecular complexity index is 975. The highest BCUT2D eigenvalue weighted by atomic mass is 19.4. The van der Waals surface area contributed by atoms with Crippen LogP contribution in [0.15, 0.2) is 42.5 Å². The molecule has 2 aromatic carbocycles. The minimum absolute atomic E-state index is 0.0227. The van der Waals surface area contributed by atoms with Gasteiger partial charge < -0.3 is 15.5 Å². The van der Waals surface area contributed by atoms with Gasteiger partial charge in [-0.25, -0.2) is 8.78 Å². The second kappa shape index (κ2) is 9.94. The third-order valence-corrected chi connectivity index (χ3v) is 4.93.